The van der Waals surface area contributed by atoms with Crippen LogP contribution in [0.3, 0.4) is 0 Å². The molecule has 0 aliphatic carbocycles. The van der Waals surface area contributed by atoms with Crippen molar-refractivity contribution in [3.8, 4) is 0 Å². The fraction of sp³-hybridized carbons (Fsp3) is 0.269. The Hall–Kier alpha value is -3.65. The Morgan fingerprint density at radius 2 is 1.56 bits per heavy atom. The van der Waals surface area contributed by atoms with E-state index in [2.05, 4.69) is 10.6 Å². The monoisotopic (exact) mass is 480 g/mol. The lowest BCUT2D eigenvalue weighted by Crippen LogP contribution is -2.22. The molecule has 1 aromatic heterocycles. The summed E-state index contributed by atoms with van der Waals surface area (Å²) >= 11 is 1.28. The Kier molecular flexibility index (Phi) is 8.07. The Labute approximate surface area is 203 Å². The summed E-state index contributed by atoms with van der Waals surface area (Å²) in [4.78, 5) is 38.5. The minimum Gasteiger partial charge on any atom is -0.462 e. The Morgan fingerprint density at radius 1 is 0.853 bits per heavy atom. The van der Waals surface area contributed by atoms with Gasteiger partial charge < -0.3 is 20.1 Å². The third kappa shape index (κ3) is 5.63. The molecule has 2 N–H and O–H groups in total. The van der Waals surface area contributed by atoms with Gasteiger partial charge in [0.2, 0.25) is 0 Å². The first kappa shape index (κ1) is 25.0. The van der Waals surface area contributed by atoms with E-state index in [-0.39, 0.29) is 6.61 Å². The Bertz CT molecular complexity index is 1230. The topological polar surface area (TPSA) is 93.7 Å². The van der Waals surface area contributed by atoms with E-state index in [1.165, 1.54) is 11.3 Å². The van der Waals surface area contributed by atoms with Crippen LogP contribution in [0.25, 0.3) is 0 Å². The number of hydrogen-bond donors (Lipinski definition) is 2. The molecule has 0 spiro atoms. The zero-order valence-corrected chi connectivity index (χ0v) is 20.7. The van der Waals surface area contributed by atoms with E-state index < -0.39 is 24.5 Å². The van der Waals surface area contributed by atoms with Crippen LogP contribution in [0.2, 0.25) is 0 Å². The quantitative estimate of drug-likeness (QED) is 0.402. The SMILES string of the molecule is CCOC(=O)c1c(NC(=O)COC(=O)c2ccccc2Nc2cccc(C)c2C)sc(C)c1C. The maximum absolute atomic E-state index is 12.8. The van der Waals surface area contributed by atoms with E-state index in [0.717, 1.165) is 27.3 Å². The predicted molar refractivity (Wildman–Crippen MR) is 134 cm³/mol. The molecule has 0 radical (unpaired) electrons. The first-order valence-corrected chi connectivity index (χ1v) is 11.7. The largest absolute Gasteiger partial charge is 0.462 e. The second kappa shape index (κ2) is 11.0. The highest BCUT2D eigenvalue weighted by molar-refractivity contribution is 7.16. The van der Waals surface area contributed by atoms with Crippen LogP contribution in [-0.2, 0) is 14.3 Å². The molecule has 1 amide bonds. The van der Waals surface area contributed by atoms with Crippen LogP contribution < -0.4 is 10.6 Å². The van der Waals surface area contributed by atoms with Crippen LogP contribution in [0.1, 0.15) is 49.2 Å². The van der Waals surface area contributed by atoms with Crippen LogP contribution in [0, 0.1) is 27.7 Å². The molecule has 178 valence electrons. The second-order valence-corrected chi connectivity index (χ2v) is 8.97. The summed E-state index contributed by atoms with van der Waals surface area (Å²) in [7, 11) is 0. The van der Waals surface area contributed by atoms with E-state index in [9.17, 15) is 14.4 Å². The Balaban J connectivity index is 1.69. The molecular formula is C26H28N2O5S. The molecule has 0 unspecified atom stereocenters. The van der Waals surface area contributed by atoms with Gasteiger partial charge in [-0.05, 0) is 69.5 Å². The van der Waals surface area contributed by atoms with E-state index in [1.807, 2.05) is 45.0 Å². The van der Waals surface area contributed by atoms with Crippen molar-refractivity contribution in [3.05, 3.63) is 75.2 Å². The smallest absolute Gasteiger partial charge is 0.341 e. The molecule has 2 aromatic carbocycles. The maximum Gasteiger partial charge on any atom is 0.341 e. The number of carbonyl (C=O) groups is 3. The van der Waals surface area contributed by atoms with Gasteiger partial charge in [0.25, 0.3) is 5.91 Å². The molecule has 7 nitrogen and oxygen atoms in total. The summed E-state index contributed by atoms with van der Waals surface area (Å²) in [6, 6.07) is 12.9. The third-order valence-corrected chi connectivity index (χ3v) is 6.60. The molecule has 8 heteroatoms. The van der Waals surface area contributed by atoms with Gasteiger partial charge in [-0.1, -0.05) is 24.3 Å². The van der Waals surface area contributed by atoms with Crippen molar-refractivity contribution in [3.63, 3.8) is 0 Å². The van der Waals surface area contributed by atoms with Crippen LogP contribution in [0.4, 0.5) is 16.4 Å². The van der Waals surface area contributed by atoms with Gasteiger partial charge in [-0.2, -0.15) is 0 Å². The number of esters is 2. The van der Waals surface area contributed by atoms with Crippen molar-refractivity contribution in [1.29, 1.82) is 0 Å². The lowest BCUT2D eigenvalue weighted by atomic mass is 10.1. The highest BCUT2D eigenvalue weighted by Crippen LogP contribution is 2.33. The van der Waals surface area contributed by atoms with Crippen LogP contribution >= 0.6 is 11.3 Å². The van der Waals surface area contributed by atoms with Gasteiger partial charge in [0.15, 0.2) is 6.61 Å². The predicted octanol–water partition coefficient (Wildman–Crippen LogP) is 5.70. The summed E-state index contributed by atoms with van der Waals surface area (Å²) < 4.78 is 10.4. The van der Waals surface area contributed by atoms with Crippen LogP contribution in [-0.4, -0.2) is 31.1 Å². The lowest BCUT2D eigenvalue weighted by Gasteiger charge is -2.14. The van der Waals surface area contributed by atoms with Crippen molar-refractivity contribution in [1.82, 2.24) is 0 Å². The number of ether oxygens (including phenoxy) is 2. The number of anilines is 3. The van der Waals surface area contributed by atoms with Crippen molar-refractivity contribution >= 4 is 45.6 Å². The standard InChI is InChI=1S/C26H28N2O5S/c1-6-32-26(31)23-17(4)18(5)34-24(23)28-22(29)14-33-25(30)19-11-7-8-12-21(19)27-20-13-9-10-15(2)16(20)3/h7-13,27H,6,14H2,1-5H3,(H,28,29). The number of para-hydroxylation sites is 1. The number of nitrogens with one attached hydrogen (secondary N) is 2. The maximum atomic E-state index is 12.8. The number of aryl methyl sites for hydroxylation is 2. The third-order valence-electron chi connectivity index (χ3n) is 5.47. The molecule has 0 aliphatic rings. The fourth-order valence-corrected chi connectivity index (χ4v) is 4.40. The molecule has 0 fully saturated rings. The van der Waals surface area contributed by atoms with Gasteiger partial charge in [-0.25, -0.2) is 9.59 Å². The highest BCUT2D eigenvalue weighted by atomic mass is 32.1. The number of carbonyl (C=O) groups excluding carboxylic acids is 3. The Morgan fingerprint density at radius 3 is 2.29 bits per heavy atom. The van der Waals surface area contributed by atoms with Gasteiger partial charge in [-0.3, -0.25) is 4.79 Å². The molecule has 34 heavy (non-hydrogen) atoms. The van der Waals surface area contributed by atoms with Crippen LogP contribution in [0.15, 0.2) is 42.5 Å². The number of rotatable bonds is 8. The molecule has 0 saturated carbocycles. The van der Waals surface area contributed by atoms with E-state index in [1.54, 1.807) is 32.0 Å². The van der Waals surface area contributed by atoms with Gasteiger partial charge in [-0.15, -0.1) is 11.3 Å². The number of benzene rings is 2. The molecule has 3 rings (SSSR count). The zero-order chi connectivity index (χ0) is 24.8. The summed E-state index contributed by atoms with van der Waals surface area (Å²) in [5.41, 5.74) is 5.05. The molecular weight excluding hydrogens is 452 g/mol. The minimum absolute atomic E-state index is 0.230. The van der Waals surface area contributed by atoms with E-state index in [4.69, 9.17) is 9.47 Å². The second-order valence-electron chi connectivity index (χ2n) is 7.75. The fourth-order valence-electron chi connectivity index (χ4n) is 3.34. The van der Waals surface area contributed by atoms with E-state index >= 15 is 0 Å². The first-order chi connectivity index (χ1) is 16.2. The summed E-state index contributed by atoms with van der Waals surface area (Å²) in [5, 5.41) is 6.33. The van der Waals surface area contributed by atoms with Crippen molar-refractivity contribution in [2.75, 3.05) is 23.8 Å². The highest BCUT2D eigenvalue weighted by Gasteiger charge is 2.23. The normalized spacial score (nSPS) is 10.5. The van der Waals surface area contributed by atoms with Gasteiger partial charge >= 0.3 is 11.9 Å². The van der Waals surface area contributed by atoms with Gasteiger partial charge in [0.05, 0.1) is 23.4 Å². The molecule has 3 aromatic rings. The van der Waals surface area contributed by atoms with Crippen molar-refractivity contribution in [2.24, 2.45) is 0 Å². The molecule has 0 atom stereocenters. The van der Waals surface area contributed by atoms with Gasteiger partial charge in [0.1, 0.15) is 5.00 Å². The van der Waals surface area contributed by atoms with Crippen molar-refractivity contribution < 1.29 is 23.9 Å². The molecule has 0 aliphatic heterocycles. The average molecular weight is 481 g/mol. The first-order valence-electron chi connectivity index (χ1n) is 10.9. The average Bonchev–Trinajstić information content (AvgIpc) is 3.08. The summed E-state index contributed by atoms with van der Waals surface area (Å²) in [5.74, 6) is -1.67. The lowest BCUT2D eigenvalue weighted by molar-refractivity contribution is -0.119. The number of amides is 1. The molecule has 0 bridgehead atoms. The van der Waals surface area contributed by atoms with E-state index in [0.29, 0.717) is 21.8 Å². The zero-order valence-electron chi connectivity index (χ0n) is 19.9. The number of thiophene rings is 1. The molecule has 0 saturated heterocycles. The summed E-state index contributed by atoms with van der Waals surface area (Å²) in [6.45, 7) is 9.14. The number of hydrogen-bond acceptors (Lipinski definition) is 7. The minimum atomic E-state index is -0.632. The molecule has 1 heterocycles. The van der Waals surface area contributed by atoms with Gasteiger partial charge in [0, 0.05) is 10.6 Å². The summed E-state index contributed by atoms with van der Waals surface area (Å²) in [6.07, 6.45) is 0. The van der Waals surface area contributed by atoms with Crippen LogP contribution in [0.5, 0.6) is 0 Å². The van der Waals surface area contributed by atoms with Crippen molar-refractivity contribution in [2.45, 2.75) is 34.6 Å².